The lowest BCUT2D eigenvalue weighted by Gasteiger charge is -2.43. The van der Waals surface area contributed by atoms with E-state index in [9.17, 15) is 31.9 Å². The van der Waals surface area contributed by atoms with Gasteiger partial charge in [0.1, 0.15) is 5.56 Å². The Labute approximate surface area is 252 Å². The lowest BCUT2D eigenvalue weighted by molar-refractivity contribution is -0.276. The lowest BCUT2D eigenvalue weighted by atomic mass is 9.89. The number of rotatable bonds is 7. The minimum Gasteiger partial charge on any atom is -0.392 e. The van der Waals surface area contributed by atoms with Crippen LogP contribution in [0, 0.1) is 35.0 Å². The SMILES string of the molecule is CC1C(CN2CCCCCCC2)OC(c2cccc(NC(=O)c3c(F)c(F)c(F)c(F)c3F)c2)OC1c1ccc(CO)cc1. The average molecular weight is 619 g/mol. The van der Waals surface area contributed by atoms with E-state index in [1.165, 1.54) is 31.4 Å². The smallest absolute Gasteiger partial charge is 0.261 e. The maximum Gasteiger partial charge on any atom is 0.261 e. The number of benzene rings is 3. The Balaban J connectivity index is 1.41. The van der Waals surface area contributed by atoms with Crippen LogP contribution in [-0.2, 0) is 16.1 Å². The van der Waals surface area contributed by atoms with Crippen LogP contribution in [0.1, 0.15) is 78.5 Å². The highest BCUT2D eigenvalue weighted by Gasteiger charge is 2.39. The molecule has 0 radical (unpaired) electrons. The van der Waals surface area contributed by atoms with E-state index < -0.39 is 46.8 Å². The minimum absolute atomic E-state index is 0.0474. The number of halogens is 5. The van der Waals surface area contributed by atoms with Crippen LogP contribution in [0.2, 0.25) is 0 Å². The van der Waals surface area contributed by atoms with Crippen molar-refractivity contribution in [1.29, 1.82) is 0 Å². The predicted octanol–water partition coefficient (Wildman–Crippen LogP) is 7.18. The van der Waals surface area contributed by atoms with Gasteiger partial charge in [-0.15, -0.1) is 0 Å². The zero-order chi connectivity index (χ0) is 31.4. The predicted molar refractivity (Wildman–Crippen MR) is 153 cm³/mol. The highest BCUT2D eigenvalue weighted by atomic mass is 19.2. The zero-order valence-electron chi connectivity index (χ0n) is 24.3. The molecule has 0 aliphatic carbocycles. The molecule has 11 heteroatoms. The van der Waals surface area contributed by atoms with Crippen LogP contribution in [0.4, 0.5) is 27.6 Å². The fourth-order valence-electron chi connectivity index (χ4n) is 5.84. The Hall–Kier alpha value is -3.38. The molecule has 0 aromatic heterocycles. The summed E-state index contributed by atoms with van der Waals surface area (Å²) < 4.78 is 82.4. The minimum atomic E-state index is -2.34. The second-order valence-electron chi connectivity index (χ2n) is 11.4. The van der Waals surface area contributed by atoms with E-state index in [-0.39, 0.29) is 30.4 Å². The van der Waals surface area contributed by atoms with Crippen molar-refractivity contribution in [1.82, 2.24) is 4.90 Å². The van der Waals surface area contributed by atoms with E-state index in [4.69, 9.17) is 9.47 Å². The van der Waals surface area contributed by atoms with Crippen LogP contribution < -0.4 is 5.32 Å². The van der Waals surface area contributed by atoms with Gasteiger partial charge in [0.25, 0.3) is 5.91 Å². The van der Waals surface area contributed by atoms with E-state index in [0.717, 1.165) is 37.1 Å². The highest BCUT2D eigenvalue weighted by Crippen LogP contribution is 2.42. The lowest BCUT2D eigenvalue weighted by Crippen LogP contribution is -2.45. The van der Waals surface area contributed by atoms with Gasteiger partial charge < -0.3 is 24.8 Å². The second kappa shape index (κ2) is 14.2. The molecule has 1 amide bonds. The maximum absolute atomic E-state index is 14.3. The molecule has 3 aromatic rings. The van der Waals surface area contributed by atoms with E-state index in [0.29, 0.717) is 12.1 Å². The molecule has 4 unspecified atom stereocenters. The van der Waals surface area contributed by atoms with Gasteiger partial charge in [-0.05, 0) is 49.2 Å². The van der Waals surface area contributed by atoms with E-state index in [2.05, 4.69) is 17.1 Å². The van der Waals surface area contributed by atoms with Crippen molar-refractivity contribution in [3.05, 3.63) is 99.9 Å². The summed E-state index contributed by atoms with van der Waals surface area (Å²) in [7, 11) is 0. The summed E-state index contributed by atoms with van der Waals surface area (Å²) in [5, 5.41) is 11.7. The van der Waals surface area contributed by atoms with Gasteiger partial charge in [0.15, 0.2) is 29.6 Å². The molecule has 2 fully saturated rings. The number of aliphatic hydroxyl groups is 1. The molecule has 0 saturated carbocycles. The summed E-state index contributed by atoms with van der Waals surface area (Å²) >= 11 is 0. The summed E-state index contributed by atoms with van der Waals surface area (Å²) in [6.45, 7) is 4.59. The van der Waals surface area contributed by atoms with Crippen LogP contribution in [0.15, 0.2) is 48.5 Å². The summed E-state index contributed by atoms with van der Waals surface area (Å²) in [4.78, 5) is 15.1. The van der Waals surface area contributed by atoms with Crippen LogP contribution >= 0.6 is 0 Å². The molecule has 0 spiro atoms. The van der Waals surface area contributed by atoms with Gasteiger partial charge in [0, 0.05) is 23.7 Å². The van der Waals surface area contributed by atoms with Crippen LogP contribution in [-0.4, -0.2) is 41.7 Å². The first-order chi connectivity index (χ1) is 21.2. The highest BCUT2D eigenvalue weighted by molar-refractivity contribution is 6.04. The van der Waals surface area contributed by atoms with Crippen molar-refractivity contribution in [2.75, 3.05) is 25.0 Å². The number of hydrogen-bond donors (Lipinski definition) is 2. The van der Waals surface area contributed by atoms with Gasteiger partial charge in [0.05, 0.1) is 18.8 Å². The number of nitrogens with zero attached hydrogens (tertiary/aromatic N) is 1. The molecule has 236 valence electrons. The second-order valence-corrected chi connectivity index (χ2v) is 11.4. The average Bonchev–Trinajstić information content (AvgIpc) is 3.01. The van der Waals surface area contributed by atoms with Crippen LogP contribution in [0.5, 0.6) is 0 Å². The fraction of sp³-hybridized carbons (Fsp3) is 0.424. The Morgan fingerprint density at radius 1 is 0.841 bits per heavy atom. The van der Waals surface area contributed by atoms with Gasteiger partial charge in [0.2, 0.25) is 5.82 Å². The number of likely N-dealkylation sites (tertiary alicyclic amines) is 1. The Kier molecular flexibility index (Phi) is 10.3. The molecule has 44 heavy (non-hydrogen) atoms. The third-order valence-corrected chi connectivity index (χ3v) is 8.36. The Morgan fingerprint density at radius 3 is 2.09 bits per heavy atom. The van der Waals surface area contributed by atoms with Crippen molar-refractivity contribution in [2.24, 2.45) is 5.92 Å². The largest absolute Gasteiger partial charge is 0.392 e. The van der Waals surface area contributed by atoms with Crippen molar-refractivity contribution < 1.29 is 41.3 Å². The third-order valence-electron chi connectivity index (χ3n) is 8.36. The first-order valence-electron chi connectivity index (χ1n) is 14.8. The molecule has 3 aromatic carbocycles. The van der Waals surface area contributed by atoms with Gasteiger partial charge in [-0.25, -0.2) is 22.0 Å². The van der Waals surface area contributed by atoms with Crippen molar-refractivity contribution in [3.8, 4) is 0 Å². The molecule has 2 saturated heterocycles. The molecular weight excluding hydrogens is 583 g/mol. The van der Waals surface area contributed by atoms with Crippen LogP contribution in [0.3, 0.4) is 0 Å². The quantitative estimate of drug-likeness (QED) is 0.167. The van der Waals surface area contributed by atoms with Crippen LogP contribution in [0.25, 0.3) is 0 Å². The summed E-state index contributed by atoms with van der Waals surface area (Å²) in [5.41, 5.74) is 0.620. The number of nitrogens with one attached hydrogen (secondary N) is 1. The van der Waals surface area contributed by atoms with E-state index >= 15 is 0 Å². The topological polar surface area (TPSA) is 71.0 Å². The number of carbonyl (C=O) groups is 1. The fourth-order valence-corrected chi connectivity index (χ4v) is 5.84. The summed E-state index contributed by atoms with van der Waals surface area (Å²) in [6.07, 6.45) is 4.33. The van der Waals surface area contributed by atoms with E-state index in [1.54, 1.807) is 12.1 Å². The zero-order valence-corrected chi connectivity index (χ0v) is 24.3. The monoisotopic (exact) mass is 618 g/mol. The van der Waals surface area contributed by atoms with Crippen molar-refractivity contribution >= 4 is 11.6 Å². The van der Waals surface area contributed by atoms with Crippen molar-refractivity contribution in [2.45, 2.75) is 64.1 Å². The number of anilines is 1. The molecule has 2 aliphatic heterocycles. The first-order valence-corrected chi connectivity index (χ1v) is 14.8. The van der Waals surface area contributed by atoms with Gasteiger partial charge in [-0.3, -0.25) is 4.79 Å². The summed E-state index contributed by atoms with van der Waals surface area (Å²) in [5.74, 6) is -12.7. The third kappa shape index (κ3) is 6.96. The number of ether oxygens (including phenoxy) is 2. The Bertz CT molecular complexity index is 1430. The molecule has 6 nitrogen and oxygen atoms in total. The molecule has 0 bridgehead atoms. The van der Waals surface area contributed by atoms with Gasteiger partial charge in [-0.2, -0.15) is 0 Å². The molecule has 4 atom stereocenters. The van der Waals surface area contributed by atoms with Gasteiger partial charge >= 0.3 is 0 Å². The maximum atomic E-state index is 14.3. The molecule has 2 aliphatic rings. The van der Waals surface area contributed by atoms with Gasteiger partial charge in [-0.1, -0.05) is 62.6 Å². The standard InChI is InChI=1S/C33H35F5N2O4/c1-19-24(17-40-14-5-3-2-4-6-15-40)43-33(44-31(19)21-12-10-20(18-41)11-13-21)22-8-7-9-23(16-22)39-32(42)25-26(34)28(36)30(38)29(37)27(25)35/h7-13,16,19,24,31,33,41H,2-6,14-15,17-18H2,1H3,(H,39,42). The molecule has 2 heterocycles. The summed E-state index contributed by atoms with van der Waals surface area (Å²) in [6, 6.07) is 13.6. The normalized spacial score (nSPS) is 23.2. The number of aliphatic hydroxyl groups excluding tert-OH is 1. The molecule has 5 rings (SSSR count). The van der Waals surface area contributed by atoms with Crippen molar-refractivity contribution in [3.63, 3.8) is 0 Å². The van der Waals surface area contributed by atoms with E-state index in [1.807, 2.05) is 24.3 Å². The molecule has 2 N–H and O–H groups in total. The number of amides is 1. The molecular formula is C33H35F5N2O4. The first kappa shape index (κ1) is 32.0. The number of carbonyl (C=O) groups excluding carboxylic acids is 1. The Morgan fingerprint density at radius 2 is 1.45 bits per heavy atom. The number of hydrogen-bond acceptors (Lipinski definition) is 5.